The van der Waals surface area contributed by atoms with Crippen LogP contribution in [0.25, 0.3) is 0 Å². The highest BCUT2D eigenvalue weighted by molar-refractivity contribution is 7.11. The highest BCUT2D eigenvalue weighted by Crippen LogP contribution is 2.22. The molecule has 0 aliphatic carbocycles. The number of nitrogens with one attached hydrogen (secondary N) is 1. The third-order valence-corrected chi connectivity index (χ3v) is 3.66. The van der Waals surface area contributed by atoms with Crippen molar-refractivity contribution in [3.05, 3.63) is 45.7 Å². The van der Waals surface area contributed by atoms with Crippen molar-refractivity contribution in [2.45, 2.75) is 19.9 Å². The van der Waals surface area contributed by atoms with E-state index >= 15 is 0 Å². The average molecular weight is 280 g/mol. The molecule has 1 aromatic heterocycles. The summed E-state index contributed by atoms with van der Waals surface area (Å²) in [6.45, 7) is 3.73. The van der Waals surface area contributed by atoms with E-state index in [1.807, 2.05) is 6.92 Å². The molecule has 2 N–H and O–H groups in total. The highest BCUT2D eigenvalue weighted by Gasteiger charge is 2.16. The topological polar surface area (TPSA) is 62.2 Å². The minimum absolute atomic E-state index is 0.0431. The van der Waals surface area contributed by atoms with Crippen LogP contribution in [0.4, 0.5) is 4.39 Å². The van der Waals surface area contributed by atoms with Crippen LogP contribution in [-0.4, -0.2) is 16.0 Å². The van der Waals surface area contributed by atoms with E-state index in [9.17, 15) is 14.3 Å². The summed E-state index contributed by atoms with van der Waals surface area (Å²) in [5, 5.41) is 13.0. The molecule has 2 aromatic rings. The van der Waals surface area contributed by atoms with Crippen LogP contribution in [0.15, 0.2) is 24.4 Å². The third-order valence-electron chi connectivity index (χ3n) is 2.56. The number of phenolic OH excluding ortho intramolecular Hbond substituents is 1. The number of carbonyl (C=O) groups is 1. The molecule has 19 heavy (non-hydrogen) atoms. The second-order valence-electron chi connectivity index (χ2n) is 4.17. The van der Waals surface area contributed by atoms with E-state index in [0.717, 1.165) is 22.0 Å². The third kappa shape index (κ3) is 3.08. The van der Waals surface area contributed by atoms with Crippen LogP contribution in [0.5, 0.6) is 5.75 Å². The number of benzene rings is 1. The lowest BCUT2D eigenvalue weighted by Gasteiger charge is -2.12. The number of aromatic hydroxyl groups is 1. The van der Waals surface area contributed by atoms with E-state index in [1.54, 1.807) is 13.1 Å². The lowest BCUT2D eigenvalue weighted by molar-refractivity contribution is 0.0937. The van der Waals surface area contributed by atoms with Gasteiger partial charge in [0.25, 0.3) is 5.91 Å². The molecular weight excluding hydrogens is 267 g/mol. The Balaban J connectivity index is 2.12. The average Bonchev–Trinajstić information content (AvgIpc) is 2.75. The minimum atomic E-state index is -0.586. The molecule has 100 valence electrons. The minimum Gasteiger partial charge on any atom is -0.507 e. The second kappa shape index (κ2) is 5.36. The Morgan fingerprint density at radius 1 is 1.53 bits per heavy atom. The number of rotatable bonds is 3. The van der Waals surface area contributed by atoms with Crippen molar-refractivity contribution < 1.29 is 14.3 Å². The highest BCUT2D eigenvalue weighted by atomic mass is 32.1. The lowest BCUT2D eigenvalue weighted by atomic mass is 10.1. The predicted octanol–water partition coefficient (Wildman–Crippen LogP) is 2.79. The molecule has 6 heteroatoms. The van der Waals surface area contributed by atoms with E-state index in [2.05, 4.69) is 10.3 Å². The number of aryl methyl sites for hydroxylation is 1. The number of thiazole rings is 1. The molecule has 2 rings (SSSR count). The predicted molar refractivity (Wildman–Crippen MR) is 70.8 cm³/mol. The van der Waals surface area contributed by atoms with Crippen molar-refractivity contribution in [2.75, 3.05) is 0 Å². The molecule has 4 nitrogen and oxygen atoms in total. The zero-order chi connectivity index (χ0) is 14.0. The van der Waals surface area contributed by atoms with E-state index < -0.39 is 11.7 Å². The maximum atomic E-state index is 12.8. The maximum absolute atomic E-state index is 12.8. The van der Waals surface area contributed by atoms with Gasteiger partial charge in [-0.1, -0.05) is 0 Å². The number of nitrogens with zero attached hydrogens (tertiary/aromatic N) is 1. The monoisotopic (exact) mass is 280 g/mol. The quantitative estimate of drug-likeness (QED) is 0.908. The fourth-order valence-corrected chi connectivity index (χ4v) is 2.38. The van der Waals surface area contributed by atoms with E-state index in [0.29, 0.717) is 0 Å². The smallest absolute Gasteiger partial charge is 0.255 e. The molecule has 0 radical (unpaired) electrons. The Bertz CT molecular complexity index is 612. The van der Waals surface area contributed by atoms with Gasteiger partial charge in [0.1, 0.15) is 16.6 Å². The van der Waals surface area contributed by atoms with E-state index in [4.69, 9.17) is 0 Å². The first-order valence-electron chi connectivity index (χ1n) is 5.69. The summed E-state index contributed by atoms with van der Waals surface area (Å²) in [5.41, 5.74) is 0.0431. The first-order valence-corrected chi connectivity index (χ1v) is 6.50. The molecule has 0 saturated heterocycles. The molecule has 1 heterocycles. The number of hydrogen-bond acceptors (Lipinski definition) is 4. The van der Waals surface area contributed by atoms with Crippen molar-refractivity contribution in [3.8, 4) is 5.75 Å². The Morgan fingerprint density at radius 2 is 2.26 bits per heavy atom. The van der Waals surface area contributed by atoms with Gasteiger partial charge in [0.05, 0.1) is 11.6 Å². The standard InChI is InChI=1S/C13H13FN2O2S/c1-7-6-15-13(19-7)8(2)16-12(18)10-4-3-9(14)5-11(10)17/h3-6,8,17H,1-2H3,(H,16,18). The number of halogens is 1. The summed E-state index contributed by atoms with van der Waals surface area (Å²) < 4.78 is 12.8. The van der Waals surface area contributed by atoms with Crippen molar-refractivity contribution in [1.29, 1.82) is 0 Å². The number of hydrogen-bond donors (Lipinski definition) is 2. The zero-order valence-corrected chi connectivity index (χ0v) is 11.3. The van der Waals surface area contributed by atoms with Crippen LogP contribution >= 0.6 is 11.3 Å². The largest absolute Gasteiger partial charge is 0.507 e. The van der Waals surface area contributed by atoms with Gasteiger partial charge in [-0.25, -0.2) is 9.37 Å². The summed E-state index contributed by atoms with van der Waals surface area (Å²) in [5.74, 6) is -1.42. The molecule has 0 aliphatic rings. The molecule has 0 spiro atoms. The van der Waals surface area contributed by atoms with Gasteiger partial charge in [0.2, 0.25) is 0 Å². The molecule has 0 fully saturated rings. The first-order chi connectivity index (χ1) is 8.97. The molecule has 1 unspecified atom stereocenters. The Hall–Kier alpha value is -1.95. The SMILES string of the molecule is Cc1cnc(C(C)NC(=O)c2ccc(F)cc2O)s1. The first kappa shape index (κ1) is 13.5. The summed E-state index contributed by atoms with van der Waals surface area (Å²) in [6.07, 6.45) is 1.73. The van der Waals surface area contributed by atoms with Gasteiger partial charge in [-0.15, -0.1) is 11.3 Å². The van der Waals surface area contributed by atoms with Gasteiger partial charge < -0.3 is 10.4 Å². The summed E-state index contributed by atoms with van der Waals surface area (Å²) in [7, 11) is 0. The van der Waals surface area contributed by atoms with Crippen molar-refractivity contribution in [2.24, 2.45) is 0 Å². The van der Waals surface area contributed by atoms with Crippen molar-refractivity contribution in [3.63, 3.8) is 0 Å². The van der Waals surface area contributed by atoms with Gasteiger partial charge in [-0.2, -0.15) is 0 Å². The number of aromatic nitrogens is 1. The molecule has 0 bridgehead atoms. The number of carbonyl (C=O) groups excluding carboxylic acids is 1. The Morgan fingerprint density at radius 3 is 2.84 bits per heavy atom. The summed E-state index contributed by atoms with van der Waals surface area (Å²) >= 11 is 1.49. The molecule has 1 aromatic carbocycles. The van der Waals surface area contributed by atoms with Gasteiger partial charge >= 0.3 is 0 Å². The lowest BCUT2D eigenvalue weighted by Crippen LogP contribution is -2.26. The van der Waals surface area contributed by atoms with Crippen LogP contribution in [0.2, 0.25) is 0 Å². The number of amides is 1. The molecule has 1 amide bonds. The molecule has 0 saturated carbocycles. The zero-order valence-electron chi connectivity index (χ0n) is 10.5. The number of phenols is 1. The van der Waals surface area contributed by atoms with Crippen LogP contribution in [-0.2, 0) is 0 Å². The van der Waals surface area contributed by atoms with E-state index in [-0.39, 0.29) is 17.4 Å². The van der Waals surface area contributed by atoms with Crippen LogP contribution < -0.4 is 5.32 Å². The summed E-state index contributed by atoms with van der Waals surface area (Å²) in [6, 6.07) is 3.02. The van der Waals surface area contributed by atoms with Gasteiger partial charge in [0.15, 0.2) is 0 Å². The van der Waals surface area contributed by atoms with Gasteiger partial charge in [-0.05, 0) is 26.0 Å². The summed E-state index contributed by atoms with van der Waals surface area (Å²) in [4.78, 5) is 17.2. The Kier molecular flexibility index (Phi) is 3.80. The van der Waals surface area contributed by atoms with Crippen LogP contribution in [0.3, 0.4) is 0 Å². The van der Waals surface area contributed by atoms with Crippen molar-refractivity contribution in [1.82, 2.24) is 10.3 Å². The van der Waals surface area contributed by atoms with Gasteiger partial charge in [0, 0.05) is 17.1 Å². The fourth-order valence-electron chi connectivity index (χ4n) is 1.61. The molecule has 1 atom stereocenters. The van der Waals surface area contributed by atoms with Crippen LogP contribution in [0, 0.1) is 12.7 Å². The normalized spacial score (nSPS) is 12.2. The fraction of sp³-hybridized carbons (Fsp3) is 0.231. The van der Waals surface area contributed by atoms with Crippen molar-refractivity contribution >= 4 is 17.2 Å². The maximum Gasteiger partial charge on any atom is 0.255 e. The molecular formula is C13H13FN2O2S. The van der Waals surface area contributed by atoms with E-state index in [1.165, 1.54) is 17.4 Å². The van der Waals surface area contributed by atoms with Crippen LogP contribution in [0.1, 0.15) is 33.2 Å². The van der Waals surface area contributed by atoms with Gasteiger partial charge in [-0.3, -0.25) is 4.79 Å². The molecule has 0 aliphatic heterocycles. The Labute approximate surface area is 113 Å². The second-order valence-corrected chi connectivity index (χ2v) is 5.43.